The number of hydrogen-bond acceptors (Lipinski definition) is 26. The molecule has 0 unspecified atom stereocenters. The average Bonchev–Trinajstić information content (AvgIpc) is 1.61. The summed E-state index contributed by atoms with van der Waals surface area (Å²) < 4.78 is 138. The smallest absolute Gasteiger partial charge is 0.423 e. The van der Waals surface area contributed by atoms with Crippen LogP contribution >= 0.6 is 31.9 Å². The van der Waals surface area contributed by atoms with Crippen LogP contribution in [-0.4, -0.2) is 203 Å². The Hall–Kier alpha value is -4.44. The highest BCUT2D eigenvalue weighted by molar-refractivity contribution is 9.10. The highest BCUT2D eigenvalue weighted by Crippen LogP contribution is 2.45. The minimum Gasteiger partial charge on any atom is -0.423 e. The van der Waals surface area contributed by atoms with Gasteiger partial charge in [-0.2, -0.15) is 16.8 Å². The second-order valence-corrected chi connectivity index (χ2v) is 37.7. The van der Waals surface area contributed by atoms with Gasteiger partial charge in [0.05, 0.1) is 57.6 Å². The molecule has 6 aromatic heterocycles. The molecule has 6 N–H and O–H groups in total. The van der Waals surface area contributed by atoms with Gasteiger partial charge in [-0.15, -0.1) is 3.63 Å². The number of hydrogen-bond donors (Lipinski definition) is 4. The first kappa shape index (κ1) is 92.6. The second-order valence-electron chi connectivity index (χ2n) is 25.7. The number of nitrogen functional groups attached to an aromatic ring is 1. The average molecular weight is 1610 g/mol. The maximum Gasteiger partial charge on any atom is 0.490 e. The van der Waals surface area contributed by atoms with Gasteiger partial charge in [0.25, 0.3) is 20.2 Å². The van der Waals surface area contributed by atoms with Crippen molar-refractivity contribution < 1.29 is 74.4 Å². The van der Waals surface area contributed by atoms with Gasteiger partial charge in [-0.25, -0.2) is 35.2 Å². The highest BCUT2D eigenvalue weighted by Gasteiger charge is 2.63. The summed E-state index contributed by atoms with van der Waals surface area (Å²) in [4.78, 5) is 27.3. The number of pyridine rings is 4. The summed E-state index contributed by atoms with van der Waals surface area (Å²) in [5, 5.41) is 18.6. The van der Waals surface area contributed by atoms with Crippen LogP contribution in [0, 0.1) is 13.3 Å². The molecule has 0 aromatic carbocycles. The van der Waals surface area contributed by atoms with E-state index in [0.29, 0.717) is 55.7 Å². The van der Waals surface area contributed by atoms with Crippen molar-refractivity contribution in [1.29, 1.82) is 0 Å². The third-order valence-corrected chi connectivity index (χ3v) is 21.7. The molecule has 6 aromatic rings. The van der Waals surface area contributed by atoms with Crippen molar-refractivity contribution in [2.75, 3.05) is 73.9 Å². The van der Waals surface area contributed by atoms with Crippen molar-refractivity contribution in [3.8, 4) is 11.1 Å². The fourth-order valence-corrected chi connectivity index (χ4v) is 13.9. The second kappa shape index (κ2) is 38.4. The first-order valence-electron chi connectivity index (χ1n) is 30.0. The summed E-state index contributed by atoms with van der Waals surface area (Å²) >= 11 is 6.56. The first-order valence-corrected chi connectivity index (χ1v) is 41.4. The van der Waals surface area contributed by atoms with Crippen LogP contribution in [0.4, 0.5) is 5.82 Å². The lowest BCUT2D eigenvalue weighted by Gasteiger charge is -2.42. The van der Waals surface area contributed by atoms with Crippen LogP contribution < -0.4 is 16.9 Å². The van der Waals surface area contributed by atoms with E-state index in [1.54, 1.807) is 37.2 Å². The molecule has 0 atom stereocenters. The van der Waals surface area contributed by atoms with Crippen molar-refractivity contribution >= 4 is 125 Å². The molecule has 0 bridgehead atoms. The molecule has 99 heavy (non-hydrogen) atoms. The summed E-state index contributed by atoms with van der Waals surface area (Å²) in [6.07, 6.45) is 26.7. The number of nitrogens with two attached hydrogens (primary N) is 2. The summed E-state index contributed by atoms with van der Waals surface area (Å²) in [5.41, 5.74) is 16.7. The Bertz CT molecular complexity index is 4060. The monoisotopic (exact) mass is 1610 g/mol. The minimum absolute atomic E-state index is 0. The lowest BCUT2D eigenvalue weighted by molar-refractivity contribution is 0.00578. The largest absolute Gasteiger partial charge is 0.490 e. The fraction of sp³-hybridized carbons (Fsp3) is 0.565. The molecule has 4 fully saturated rings. The molecule has 1 saturated carbocycles. The number of anilines is 1. The van der Waals surface area contributed by atoms with E-state index >= 15 is 0 Å². The Morgan fingerprint density at radius 1 is 0.596 bits per heavy atom. The van der Waals surface area contributed by atoms with Crippen LogP contribution in [0.5, 0.6) is 0 Å². The van der Waals surface area contributed by atoms with E-state index < -0.39 is 70.9 Å². The Morgan fingerprint density at radius 3 is 1.35 bits per heavy atom. The maximum absolute atomic E-state index is 11.6. The van der Waals surface area contributed by atoms with Crippen molar-refractivity contribution in [3.63, 3.8) is 0 Å². The Morgan fingerprint density at radius 2 is 0.990 bits per heavy atom. The number of nitrogens with zero attached hydrogens (tertiary/aromatic N) is 8. The Labute approximate surface area is 607 Å². The Balaban J connectivity index is 0.000000628. The zero-order valence-corrected chi connectivity index (χ0v) is 64.0. The van der Waals surface area contributed by atoms with Gasteiger partial charge in [-0.3, -0.25) is 19.9 Å². The molecule has 10 rings (SSSR count). The number of aryl methyl sites for hydroxylation is 3. The number of fused-ring (bicyclic) bond motifs is 1. The van der Waals surface area contributed by atoms with Crippen LogP contribution in [0.15, 0.2) is 95.3 Å². The SMILES string of the molecule is C.C.C.CC1(C)OB(B2OC(C)(C)C(C)(C)O2)OC1(C)C.CS(=O)(=O)CCc1cncc(-c2cn(C3CC(CN4CCC4)C3)c3ncnc(N)c23)c1.CS(=O)(=O)CCc1cncc(B(O)O)c1.CS(=O)(=O)CCc1cncc(Br)c1.CS(=O)(=O)OS(C)(=O)=O.NCc1cncc(Br)c1.[CH3-]. The third-order valence-electron chi connectivity index (χ3n) is 16.0. The van der Waals surface area contributed by atoms with E-state index in [-0.39, 0.29) is 74.8 Å². The molecule has 3 aliphatic heterocycles. The molecule has 0 amide bonds. The molecule has 9 heterocycles. The van der Waals surface area contributed by atoms with Crippen molar-refractivity contribution in [2.45, 2.75) is 151 Å². The third kappa shape index (κ3) is 30.8. The number of rotatable bonds is 18. The molecule has 556 valence electrons. The number of sulfone groups is 3. The number of likely N-dealkylation sites (tertiary alicyclic amines) is 1. The van der Waals surface area contributed by atoms with Crippen LogP contribution in [0.3, 0.4) is 0 Å². The van der Waals surface area contributed by atoms with Crippen LogP contribution in [0.2, 0.25) is 0 Å². The summed E-state index contributed by atoms with van der Waals surface area (Å²) in [7, 11) is -19.2. The number of halogens is 2. The van der Waals surface area contributed by atoms with Gasteiger partial charge in [-0.05, 0) is 185 Å². The zero-order chi connectivity index (χ0) is 71.3. The van der Waals surface area contributed by atoms with E-state index in [0.717, 1.165) is 72.8 Å². The lowest BCUT2D eigenvalue weighted by atomic mass is 9.49. The van der Waals surface area contributed by atoms with E-state index in [2.05, 4.69) is 81.1 Å². The standard InChI is InChI=1S/C22H28N6O2S.C12H24B2O4.C8H12BNO4S.C8H10BrNO2S.C6H7BrN2.C2H6O5S2.3CH4.CH3/c1-31(29,30)6-3-15-7-17(11-24-10-15)19-13-28(22-20(19)21(23)25-14-26-22)18-8-16(9-18)12-27-4-2-5-27;1-9(2)10(3,4)16-13(15-9)14-17-11(5,6)12(7,8)18-14;1-15(13,14)3-2-7-4-8(9(11)12)6-10-5-7;1-13(11,12)3-2-7-4-8(9)6-10-5-7;7-6-1-5(2-8)3-9-4-6;1-8(3,4)7-9(2,5)6;;;;/h7,10-11,13-14,16,18H,2-6,8-9,12H2,1H3,(H2,23,25,26);1-8H3;4-6,11-12H,2-3H2,1H3;4-6H,2-3H2,1H3;1,3-4H,2,8H2;1-2H3;3*1H4;1H3/q;;;;;;;;;-1. The normalized spacial score (nSPS) is 18.0. The molecule has 0 radical (unpaired) electrons. The van der Waals surface area contributed by atoms with Gasteiger partial charge in [0.15, 0.2) is 0 Å². The molecule has 0 spiro atoms. The molecule has 1 aliphatic carbocycles. The van der Waals surface area contributed by atoms with Gasteiger partial charge in [-0.1, -0.05) is 28.3 Å². The molecule has 37 heteroatoms. The molecular weight excluding hydrogens is 1510 g/mol. The van der Waals surface area contributed by atoms with Crippen molar-refractivity contribution in [2.24, 2.45) is 11.7 Å². The lowest BCUT2D eigenvalue weighted by Crippen LogP contribution is -2.43. The topological polar surface area (TPSA) is 395 Å². The molecular formula is C62H102B3Br2N10O17S5-. The fourth-order valence-electron chi connectivity index (χ4n) is 9.46. The maximum atomic E-state index is 11.6. The molecule has 4 aliphatic rings. The van der Waals surface area contributed by atoms with Crippen LogP contribution in [0.25, 0.3) is 22.2 Å². The summed E-state index contributed by atoms with van der Waals surface area (Å²) in [6.45, 7) is 20.4. The highest BCUT2D eigenvalue weighted by atomic mass is 79.9. The van der Waals surface area contributed by atoms with Gasteiger partial charge in [0.1, 0.15) is 47.3 Å². The number of aromatic nitrogens is 7. The summed E-state index contributed by atoms with van der Waals surface area (Å²) in [6, 6.07) is 7.77. The molecule has 27 nitrogen and oxygen atoms in total. The summed E-state index contributed by atoms with van der Waals surface area (Å²) in [5.74, 6) is 1.50. The first-order chi connectivity index (χ1) is 43.6. The van der Waals surface area contributed by atoms with Crippen LogP contribution in [0.1, 0.15) is 125 Å². The van der Waals surface area contributed by atoms with Gasteiger partial charge >= 0.3 is 21.1 Å². The van der Waals surface area contributed by atoms with E-state index in [1.807, 2.05) is 73.6 Å². The van der Waals surface area contributed by atoms with E-state index in [9.17, 15) is 42.1 Å². The predicted octanol–water partition coefficient (Wildman–Crippen LogP) is 6.93. The van der Waals surface area contributed by atoms with Gasteiger partial charge < -0.3 is 57.0 Å². The predicted molar refractivity (Wildman–Crippen MR) is 404 cm³/mol. The molecule has 3 saturated heterocycles. The van der Waals surface area contributed by atoms with E-state index in [1.165, 1.54) is 63.4 Å². The zero-order valence-electron chi connectivity index (χ0n) is 56.7. The van der Waals surface area contributed by atoms with Crippen molar-refractivity contribution in [1.82, 2.24) is 39.4 Å². The minimum atomic E-state index is -3.87. The van der Waals surface area contributed by atoms with Crippen LogP contribution in [-0.2, 0) is 97.8 Å². The van der Waals surface area contributed by atoms with E-state index in [4.69, 9.17) is 40.1 Å². The van der Waals surface area contributed by atoms with Gasteiger partial charge in [0.2, 0.25) is 0 Å². The van der Waals surface area contributed by atoms with Crippen molar-refractivity contribution in [3.05, 3.63) is 125 Å². The quantitative estimate of drug-likeness (QED) is 0.0500. The van der Waals surface area contributed by atoms with Gasteiger partial charge in [0, 0.05) is 119 Å². The Kier molecular flexibility index (Phi) is 35.9.